The van der Waals surface area contributed by atoms with E-state index >= 15 is 0 Å². The Morgan fingerprint density at radius 1 is 1.32 bits per heavy atom. The second-order valence-corrected chi connectivity index (χ2v) is 6.52. The number of piperidine rings is 1. The molecule has 1 aromatic carbocycles. The van der Waals surface area contributed by atoms with Crippen molar-refractivity contribution in [2.24, 2.45) is 0 Å². The number of aromatic nitrogens is 2. The first-order chi connectivity index (χ1) is 12.2. The number of rotatable bonds is 6. The van der Waals surface area contributed by atoms with Gasteiger partial charge >= 0.3 is 0 Å². The molecular weight excluding hydrogens is 316 g/mol. The van der Waals surface area contributed by atoms with Gasteiger partial charge in [-0.15, -0.1) is 0 Å². The minimum Gasteiger partial charge on any atom is -0.496 e. The molecule has 1 N–H and O–H groups in total. The normalized spacial score (nSPS) is 16.4. The second-order valence-electron chi connectivity index (χ2n) is 6.52. The minimum absolute atomic E-state index is 0.132. The predicted molar refractivity (Wildman–Crippen MR) is 96.6 cm³/mol. The number of hydrogen-bond donors (Lipinski definition) is 1. The number of methoxy groups -OCH3 is 1. The van der Waals surface area contributed by atoms with Gasteiger partial charge in [-0.3, -0.25) is 9.48 Å². The van der Waals surface area contributed by atoms with E-state index in [-0.39, 0.29) is 5.91 Å². The van der Waals surface area contributed by atoms with Gasteiger partial charge < -0.3 is 15.0 Å². The van der Waals surface area contributed by atoms with E-state index < -0.39 is 5.54 Å². The van der Waals surface area contributed by atoms with E-state index in [1.54, 1.807) is 13.3 Å². The molecule has 2 heterocycles. The van der Waals surface area contributed by atoms with Crippen molar-refractivity contribution in [1.82, 2.24) is 20.0 Å². The zero-order valence-electron chi connectivity index (χ0n) is 14.9. The van der Waals surface area contributed by atoms with Crippen LogP contribution in [0.15, 0.2) is 42.7 Å². The highest BCUT2D eigenvalue weighted by Crippen LogP contribution is 2.29. The maximum atomic E-state index is 13.3. The molecule has 1 aliphatic rings. The smallest absolute Gasteiger partial charge is 0.250 e. The largest absolute Gasteiger partial charge is 0.496 e. The van der Waals surface area contributed by atoms with Crippen LogP contribution < -0.4 is 10.1 Å². The molecule has 0 saturated carbocycles. The Balaban J connectivity index is 1.74. The molecule has 3 rings (SSSR count). The second kappa shape index (κ2) is 7.70. The summed E-state index contributed by atoms with van der Waals surface area (Å²) in [7, 11) is 3.56. The number of para-hydroxylation sites is 1. The van der Waals surface area contributed by atoms with Crippen molar-refractivity contribution in [3.63, 3.8) is 0 Å². The van der Waals surface area contributed by atoms with Crippen LogP contribution in [0.5, 0.6) is 5.75 Å². The van der Waals surface area contributed by atoms with Crippen LogP contribution in [-0.2, 0) is 16.8 Å². The maximum Gasteiger partial charge on any atom is 0.250 e. The Labute approximate surface area is 148 Å². The van der Waals surface area contributed by atoms with Gasteiger partial charge in [-0.2, -0.15) is 5.10 Å². The molecule has 0 unspecified atom stereocenters. The van der Waals surface area contributed by atoms with E-state index in [1.165, 1.54) is 0 Å². The van der Waals surface area contributed by atoms with E-state index in [0.29, 0.717) is 6.54 Å². The lowest BCUT2D eigenvalue weighted by Gasteiger charge is -2.39. The average molecular weight is 342 g/mol. The topological polar surface area (TPSA) is 59.4 Å². The Kier molecular flexibility index (Phi) is 5.38. The predicted octanol–water partition coefficient (Wildman–Crippen LogP) is 1.67. The van der Waals surface area contributed by atoms with Gasteiger partial charge in [-0.25, -0.2) is 0 Å². The van der Waals surface area contributed by atoms with Gasteiger partial charge in [-0.05, 0) is 50.0 Å². The number of carbonyl (C=O) groups excluding carboxylic acids is 1. The standard InChI is InChI=1S/C19H26N4O2/c1-22(15-8-16-6-3-4-7-17(16)25-2)18(24)19(9-12-20-13-10-19)23-14-5-11-21-23/h3-7,11,14,20H,8-10,12-13,15H2,1-2H3. The molecule has 25 heavy (non-hydrogen) atoms. The number of likely N-dealkylation sites (N-methyl/N-ethyl adjacent to an activating group) is 1. The summed E-state index contributed by atoms with van der Waals surface area (Å²) in [5.74, 6) is 1.000. The van der Waals surface area contributed by atoms with Gasteiger partial charge in [0.15, 0.2) is 0 Å². The highest BCUT2D eigenvalue weighted by molar-refractivity contribution is 5.84. The Morgan fingerprint density at radius 3 is 2.76 bits per heavy atom. The maximum absolute atomic E-state index is 13.3. The van der Waals surface area contributed by atoms with Crippen LogP contribution in [0, 0.1) is 0 Å². The number of carbonyl (C=O) groups is 1. The zero-order chi connectivity index (χ0) is 17.7. The molecule has 1 fully saturated rings. The van der Waals surface area contributed by atoms with E-state index in [1.807, 2.05) is 53.2 Å². The fourth-order valence-electron chi connectivity index (χ4n) is 3.56. The van der Waals surface area contributed by atoms with Gasteiger partial charge in [0.2, 0.25) is 5.91 Å². The Hall–Kier alpha value is -2.34. The molecule has 1 aromatic heterocycles. The summed E-state index contributed by atoms with van der Waals surface area (Å²) in [4.78, 5) is 15.1. The zero-order valence-corrected chi connectivity index (χ0v) is 14.9. The first-order valence-corrected chi connectivity index (χ1v) is 8.76. The highest BCUT2D eigenvalue weighted by Gasteiger charge is 2.43. The van der Waals surface area contributed by atoms with Crippen LogP contribution in [0.25, 0.3) is 0 Å². The first-order valence-electron chi connectivity index (χ1n) is 8.76. The SMILES string of the molecule is COc1ccccc1CCN(C)C(=O)C1(n2cccn2)CCNCC1. The quantitative estimate of drug-likeness (QED) is 0.868. The van der Waals surface area contributed by atoms with Crippen LogP contribution in [0.4, 0.5) is 0 Å². The molecule has 2 aromatic rings. The Bertz CT molecular complexity index is 693. The molecule has 134 valence electrons. The minimum atomic E-state index is -0.579. The van der Waals surface area contributed by atoms with Crippen LogP contribution in [-0.4, -0.2) is 54.4 Å². The summed E-state index contributed by atoms with van der Waals surface area (Å²) in [5, 5.41) is 7.72. The molecule has 1 saturated heterocycles. The fraction of sp³-hybridized carbons (Fsp3) is 0.474. The van der Waals surface area contributed by atoms with Crippen molar-refractivity contribution in [3.8, 4) is 5.75 Å². The van der Waals surface area contributed by atoms with Crippen molar-refractivity contribution >= 4 is 5.91 Å². The van der Waals surface area contributed by atoms with Gasteiger partial charge in [0.25, 0.3) is 0 Å². The molecule has 1 aliphatic heterocycles. The number of benzene rings is 1. The van der Waals surface area contributed by atoms with Gasteiger partial charge in [0.1, 0.15) is 11.3 Å². The van der Waals surface area contributed by atoms with Gasteiger partial charge in [-0.1, -0.05) is 18.2 Å². The number of nitrogens with one attached hydrogen (secondary N) is 1. The molecule has 0 bridgehead atoms. The van der Waals surface area contributed by atoms with Crippen LogP contribution >= 0.6 is 0 Å². The summed E-state index contributed by atoms with van der Waals surface area (Å²) in [6.45, 7) is 2.30. The van der Waals surface area contributed by atoms with Crippen molar-refractivity contribution < 1.29 is 9.53 Å². The van der Waals surface area contributed by atoms with Crippen LogP contribution in [0.1, 0.15) is 18.4 Å². The first kappa shape index (κ1) is 17.5. The molecule has 0 radical (unpaired) electrons. The molecule has 0 atom stereocenters. The third-order valence-corrected chi connectivity index (χ3v) is 5.03. The van der Waals surface area contributed by atoms with E-state index in [2.05, 4.69) is 10.4 Å². The summed E-state index contributed by atoms with van der Waals surface area (Å²) in [5.41, 5.74) is 0.535. The van der Waals surface area contributed by atoms with E-state index in [9.17, 15) is 4.79 Å². The van der Waals surface area contributed by atoms with Crippen molar-refractivity contribution in [3.05, 3.63) is 48.3 Å². The molecule has 6 nitrogen and oxygen atoms in total. The molecule has 0 aliphatic carbocycles. The van der Waals surface area contributed by atoms with E-state index in [4.69, 9.17) is 4.74 Å². The van der Waals surface area contributed by atoms with Crippen LogP contribution in [0.3, 0.4) is 0 Å². The fourth-order valence-corrected chi connectivity index (χ4v) is 3.56. The summed E-state index contributed by atoms with van der Waals surface area (Å²) in [6.07, 6.45) is 5.92. The molecule has 6 heteroatoms. The van der Waals surface area contributed by atoms with Crippen molar-refractivity contribution in [1.29, 1.82) is 0 Å². The molecule has 1 amide bonds. The summed E-state index contributed by atoms with van der Waals surface area (Å²) >= 11 is 0. The van der Waals surface area contributed by atoms with Gasteiger partial charge in [0.05, 0.1) is 7.11 Å². The van der Waals surface area contributed by atoms with E-state index in [0.717, 1.165) is 43.7 Å². The third kappa shape index (κ3) is 3.54. The Morgan fingerprint density at radius 2 is 2.08 bits per heavy atom. The lowest BCUT2D eigenvalue weighted by molar-refractivity contribution is -0.141. The lowest BCUT2D eigenvalue weighted by Crippen LogP contribution is -2.55. The number of nitrogens with zero attached hydrogens (tertiary/aromatic N) is 3. The number of amides is 1. The highest BCUT2D eigenvalue weighted by atomic mass is 16.5. The average Bonchev–Trinajstić information content (AvgIpc) is 3.21. The summed E-state index contributed by atoms with van der Waals surface area (Å²) < 4.78 is 7.25. The number of ether oxygens (including phenoxy) is 1. The summed E-state index contributed by atoms with van der Waals surface area (Å²) in [6, 6.07) is 9.84. The lowest BCUT2D eigenvalue weighted by atomic mass is 9.86. The third-order valence-electron chi connectivity index (χ3n) is 5.03. The van der Waals surface area contributed by atoms with Crippen molar-refractivity contribution in [2.45, 2.75) is 24.8 Å². The molecule has 0 spiro atoms. The number of hydrogen-bond acceptors (Lipinski definition) is 4. The molecular formula is C19H26N4O2. The monoisotopic (exact) mass is 342 g/mol. The van der Waals surface area contributed by atoms with Crippen molar-refractivity contribution in [2.75, 3.05) is 33.8 Å². The van der Waals surface area contributed by atoms with Gasteiger partial charge in [0, 0.05) is 26.0 Å². The van der Waals surface area contributed by atoms with Crippen LogP contribution in [0.2, 0.25) is 0 Å².